The average molecular weight is 300 g/mol. The molecule has 1 fully saturated rings. The number of benzene rings is 1. The summed E-state index contributed by atoms with van der Waals surface area (Å²) in [5, 5.41) is 2.53. The van der Waals surface area contributed by atoms with Crippen molar-refractivity contribution < 1.29 is 14.4 Å². The lowest BCUT2D eigenvalue weighted by Crippen LogP contribution is -2.41. The van der Waals surface area contributed by atoms with Crippen molar-refractivity contribution >= 4 is 33.4 Å². The molecule has 2 rings (SSSR count). The summed E-state index contributed by atoms with van der Waals surface area (Å²) in [7, 11) is 0. The molecule has 90 valence electrons. The monoisotopic (exact) mass is 299 g/mol. The van der Waals surface area contributed by atoms with Crippen LogP contribution in [0.25, 0.3) is 0 Å². The second-order valence-corrected chi connectivity index (χ2v) is 4.45. The van der Waals surface area contributed by atoms with Gasteiger partial charge in [-0.05, 0) is 18.2 Å². The molecule has 1 aliphatic rings. The Morgan fingerprint density at radius 3 is 2.94 bits per heavy atom. The number of hydrogen-bond acceptors (Lipinski definition) is 4. The van der Waals surface area contributed by atoms with E-state index in [4.69, 9.17) is 10.6 Å². The summed E-state index contributed by atoms with van der Waals surface area (Å²) < 4.78 is 0.786. The number of nitrogen functional groups attached to an aromatic ring is 1. The lowest BCUT2D eigenvalue weighted by atomic mass is 10.1. The molecule has 17 heavy (non-hydrogen) atoms. The lowest BCUT2D eigenvalue weighted by Gasteiger charge is -2.10. The third-order valence-corrected chi connectivity index (χ3v) is 2.80. The van der Waals surface area contributed by atoms with Crippen molar-refractivity contribution in [3.8, 4) is 0 Å². The van der Waals surface area contributed by atoms with Crippen molar-refractivity contribution in [2.45, 2.75) is 6.04 Å². The van der Waals surface area contributed by atoms with Gasteiger partial charge in [0.1, 0.15) is 12.6 Å². The zero-order chi connectivity index (χ0) is 12.4. The van der Waals surface area contributed by atoms with Crippen molar-refractivity contribution in [2.24, 2.45) is 0 Å². The number of anilines is 1. The van der Waals surface area contributed by atoms with E-state index in [1.54, 1.807) is 18.2 Å². The van der Waals surface area contributed by atoms with Crippen LogP contribution in [-0.4, -0.2) is 24.5 Å². The number of amides is 2. The first-order chi connectivity index (χ1) is 8.08. The summed E-state index contributed by atoms with van der Waals surface area (Å²) in [5.41, 5.74) is 8.54. The Morgan fingerprint density at radius 2 is 2.35 bits per heavy atom. The molecular formula is C10H10BrN3O3. The van der Waals surface area contributed by atoms with Gasteiger partial charge in [0.25, 0.3) is 11.8 Å². The van der Waals surface area contributed by atoms with Crippen LogP contribution in [0.2, 0.25) is 0 Å². The SMILES string of the molecule is Nc1cc(Br)ccc1C(=O)N[C@@H]1CONC1=O. The molecule has 4 N–H and O–H groups in total. The number of nitrogens with one attached hydrogen (secondary N) is 2. The van der Waals surface area contributed by atoms with Crippen LogP contribution < -0.4 is 16.5 Å². The molecule has 1 aromatic carbocycles. The van der Waals surface area contributed by atoms with Gasteiger partial charge in [-0.25, -0.2) is 5.48 Å². The van der Waals surface area contributed by atoms with Crippen LogP contribution in [0.15, 0.2) is 22.7 Å². The molecule has 0 aliphatic carbocycles. The van der Waals surface area contributed by atoms with Crippen LogP contribution in [-0.2, 0) is 9.63 Å². The number of carbonyl (C=O) groups is 2. The normalized spacial score (nSPS) is 18.9. The van der Waals surface area contributed by atoms with Gasteiger partial charge in [0.05, 0.1) is 5.56 Å². The summed E-state index contributed by atoms with van der Waals surface area (Å²) >= 11 is 3.25. The fourth-order valence-corrected chi connectivity index (χ4v) is 1.81. The van der Waals surface area contributed by atoms with Crippen LogP contribution in [0.3, 0.4) is 0 Å². The van der Waals surface area contributed by atoms with Gasteiger partial charge in [0.2, 0.25) is 0 Å². The molecular weight excluding hydrogens is 290 g/mol. The molecule has 0 aromatic heterocycles. The second kappa shape index (κ2) is 4.72. The Bertz CT molecular complexity index is 478. The minimum absolute atomic E-state index is 0.112. The van der Waals surface area contributed by atoms with Gasteiger partial charge < -0.3 is 11.1 Å². The summed E-state index contributed by atoms with van der Waals surface area (Å²) in [4.78, 5) is 27.7. The second-order valence-electron chi connectivity index (χ2n) is 3.53. The molecule has 0 bridgehead atoms. The fraction of sp³-hybridized carbons (Fsp3) is 0.200. The maximum Gasteiger partial charge on any atom is 0.268 e. The molecule has 2 amide bonds. The highest BCUT2D eigenvalue weighted by Gasteiger charge is 2.27. The van der Waals surface area contributed by atoms with E-state index in [1.807, 2.05) is 0 Å². The number of carbonyl (C=O) groups excluding carboxylic acids is 2. The summed E-state index contributed by atoms with van der Waals surface area (Å²) in [5.74, 6) is -0.769. The van der Waals surface area contributed by atoms with Crippen LogP contribution >= 0.6 is 15.9 Å². The van der Waals surface area contributed by atoms with E-state index < -0.39 is 11.9 Å². The quantitative estimate of drug-likeness (QED) is 0.680. The van der Waals surface area contributed by atoms with E-state index >= 15 is 0 Å². The van der Waals surface area contributed by atoms with Gasteiger partial charge in [-0.3, -0.25) is 14.4 Å². The van der Waals surface area contributed by atoms with Gasteiger partial charge in [0.15, 0.2) is 0 Å². The van der Waals surface area contributed by atoms with Gasteiger partial charge in [-0.1, -0.05) is 15.9 Å². The topological polar surface area (TPSA) is 93.5 Å². The molecule has 6 nitrogen and oxygen atoms in total. The molecule has 0 radical (unpaired) electrons. The van der Waals surface area contributed by atoms with Crippen molar-refractivity contribution in [2.75, 3.05) is 12.3 Å². The first-order valence-electron chi connectivity index (χ1n) is 4.85. The largest absolute Gasteiger partial charge is 0.398 e. The van der Waals surface area contributed by atoms with Crippen LogP contribution in [0.1, 0.15) is 10.4 Å². The number of rotatable bonds is 2. The van der Waals surface area contributed by atoms with Gasteiger partial charge in [0, 0.05) is 10.2 Å². The number of nitrogens with two attached hydrogens (primary N) is 1. The molecule has 0 spiro atoms. The molecule has 1 saturated heterocycles. The summed E-state index contributed by atoms with van der Waals surface area (Å²) in [6, 6.07) is 4.24. The number of hydroxylamine groups is 1. The van der Waals surface area contributed by atoms with Gasteiger partial charge in [-0.2, -0.15) is 0 Å². The first kappa shape index (κ1) is 11.9. The zero-order valence-corrected chi connectivity index (χ0v) is 10.3. The third-order valence-electron chi connectivity index (χ3n) is 2.30. The van der Waals surface area contributed by atoms with E-state index in [2.05, 4.69) is 26.7 Å². The van der Waals surface area contributed by atoms with E-state index in [1.165, 1.54) is 0 Å². The standard InChI is InChI=1S/C10H10BrN3O3/c11-5-1-2-6(7(12)3-5)9(15)13-8-4-17-14-10(8)16/h1-3,8H,4,12H2,(H,13,15)(H,14,16)/t8-/m1/s1. The van der Waals surface area contributed by atoms with E-state index in [9.17, 15) is 9.59 Å². The molecule has 1 aromatic rings. The van der Waals surface area contributed by atoms with E-state index in [0.29, 0.717) is 11.3 Å². The smallest absolute Gasteiger partial charge is 0.268 e. The Kier molecular flexibility index (Phi) is 3.30. The predicted octanol–water partition coefficient (Wildman–Crippen LogP) is 0.191. The van der Waals surface area contributed by atoms with Crippen LogP contribution in [0.5, 0.6) is 0 Å². The van der Waals surface area contributed by atoms with Crippen molar-refractivity contribution in [3.05, 3.63) is 28.2 Å². The highest BCUT2D eigenvalue weighted by atomic mass is 79.9. The molecule has 0 unspecified atom stereocenters. The third kappa shape index (κ3) is 2.56. The van der Waals surface area contributed by atoms with E-state index in [-0.39, 0.29) is 12.5 Å². The van der Waals surface area contributed by atoms with Crippen molar-refractivity contribution in [3.63, 3.8) is 0 Å². The van der Waals surface area contributed by atoms with Crippen LogP contribution in [0.4, 0.5) is 5.69 Å². The number of hydrogen-bond donors (Lipinski definition) is 3. The molecule has 7 heteroatoms. The summed E-state index contributed by atoms with van der Waals surface area (Å²) in [6.07, 6.45) is 0. The van der Waals surface area contributed by atoms with Gasteiger partial charge >= 0.3 is 0 Å². The molecule has 1 aliphatic heterocycles. The Balaban J connectivity index is 2.11. The molecule has 1 atom stereocenters. The Labute approximate surface area is 106 Å². The first-order valence-corrected chi connectivity index (χ1v) is 5.65. The average Bonchev–Trinajstić information content (AvgIpc) is 2.64. The van der Waals surface area contributed by atoms with Crippen molar-refractivity contribution in [1.82, 2.24) is 10.8 Å². The lowest BCUT2D eigenvalue weighted by molar-refractivity contribution is -0.125. The van der Waals surface area contributed by atoms with Crippen molar-refractivity contribution in [1.29, 1.82) is 0 Å². The van der Waals surface area contributed by atoms with Crippen LogP contribution in [0, 0.1) is 0 Å². The summed E-state index contributed by atoms with van der Waals surface area (Å²) in [6.45, 7) is 0.112. The zero-order valence-electron chi connectivity index (χ0n) is 8.70. The minimum Gasteiger partial charge on any atom is -0.398 e. The fourth-order valence-electron chi connectivity index (χ4n) is 1.43. The molecule has 0 saturated carbocycles. The maximum absolute atomic E-state index is 11.8. The van der Waals surface area contributed by atoms with E-state index in [0.717, 1.165) is 4.47 Å². The number of halogens is 1. The Morgan fingerprint density at radius 1 is 1.59 bits per heavy atom. The highest BCUT2D eigenvalue weighted by Crippen LogP contribution is 2.18. The highest BCUT2D eigenvalue weighted by molar-refractivity contribution is 9.10. The molecule has 1 heterocycles. The maximum atomic E-state index is 11.8. The minimum atomic E-state index is -0.675. The predicted molar refractivity (Wildman–Crippen MR) is 63.9 cm³/mol. The van der Waals surface area contributed by atoms with Gasteiger partial charge in [-0.15, -0.1) is 0 Å². The Hall–Kier alpha value is -1.60.